The van der Waals surface area contributed by atoms with E-state index in [1.54, 1.807) is 20.8 Å². The Labute approximate surface area is 204 Å². The molecule has 0 atom stereocenters. The Morgan fingerprint density at radius 3 is 2.34 bits per heavy atom. The number of anilines is 3. The van der Waals surface area contributed by atoms with E-state index in [4.69, 9.17) is 4.74 Å². The van der Waals surface area contributed by atoms with Gasteiger partial charge in [0.25, 0.3) is 15.7 Å². The van der Waals surface area contributed by atoms with Crippen molar-refractivity contribution in [2.45, 2.75) is 57.5 Å². The molecule has 11 nitrogen and oxygen atoms in total. The maximum absolute atomic E-state index is 13.2. The number of nitrogens with zero attached hydrogens (tertiary/aromatic N) is 2. The van der Waals surface area contributed by atoms with Crippen LogP contribution in [0.4, 0.5) is 27.5 Å². The third-order valence-corrected chi connectivity index (χ3v) is 6.57. The zero-order valence-electron chi connectivity index (χ0n) is 20.3. The van der Waals surface area contributed by atoms with Crippen LogP contribution in [0.3, 0.4) is 0 Å². The Balaban J connectivity index is 2.47. The summed E-state index contributed by atoms with van der Waals surface area (Å²) in [4.78, 5) is 34.8. The first-order valence-electron chi connectivity index (χ1n) is 10.9. The maximum atomic E-state index is 13.2. The fraction of sp³-hybridized carbons (Fsp3) is 0.391. The van der Waals surface area contributed by atoms with Crippen LogP contribution in [0.1, 0.15) is 47.0 Å². The van der Waals surface area contributed by atoms with Crippen LogP contribution in [0.2, 0.25) is 0 Å². The zero-order valence-corrected chi connectivity index (χ0v) is 21.1. The summed E-state index contributed by atoms with van der Waals surface area (Å²) in [6.07, 6.45) is 0.923. The van der Waals surface area contributed by atoms with Gasteiger partial charge in [-0.15, -0.1) is 0 Å². The highest BCUT2D eigenvalue weighted by atomic mass is 32.2. The largest absolute Gasteiger partial charge is 0.444 e. The predicted octanol–water partition coefficient (Wildman–Crippen LogP) is 4.90. The van der Waals surface area contributed by atoms with E-state index < -0.39 is 37.2 Å². The minimum absolute atomic E-state index is 0.115. The Morgan fingerprint density at radius 2 is 1.74 bits per heavy atom. The minimum Gasteiger partial charge on any atom is -0.444 e. The van der Waals surface area contributed by atoms with Crippen LogP contribution >= 0.6 is 0 Å². The molecule has 0 radical (unpaired) electrons. The normalized spacial score (nSPS) is 11.5. The van der Waals surface area contributed by atoms with Gasteiger partial charge < -0.3 is 10.1 Å². The van der Waals surface area contributed by atoms with Gasteiger partial charge in [0, 0.05) is 19.5 Å². The fourth-order valence-electron chi connectivity index (χ4n) is 3.02. The molecule has 0 bridgehead atoms. The zero-order chi connectivity index (χ0) is 26.4. The van der Waals surface area contributed by atoms with Crippen molar-refractivity contribution in [1.29, 1.82) is 0 Å². The first-order chi connectivity index (χ1) is 16.3. The van der Waals surface area contributed by atoms with Gasteiger partial charge in [0.1, 0.15) is 5.60 Å². The molecule has 0 unspecified atom stereocenters. The Kier molecular flexibility index (Phi) is 8.80. The summed E-state index contributed by atoms with van der Waals surface area (Å²) in [7, 11) is -3.08. The molecule has 0 fully saturated rings. The van der Waals surface area contributed by atoms with E-state index in [2.05, 4.69) is 10.6 Å². The van der Waals surface area contributed by atoms with Gasteiger partial charge in [0.2, 0.25) is 5.91 Å². The van der Waals surface area contributed by atoms with Crippen LogP contribution in [0, 0.1) is 10.1 Å². The molecule has 2 amide bonds. The lowest BCUT2D eigenvalue weighted by Gasteiger charge is -2.23. The smallest absolute Gasteiger partial charge is 0.412 e. The van der Waals surface area contributed by atoms with Gasteiger partial charge in [-0.1, -0.05) is 25.5 Å². The van der Waals surface area contributed by atoms with Crippen molar-refractivity contribution in [3.05, 3.63) is 52.6 Å². The Bertz CT molecular complexity index is 1210. The van der Waals surface area contributed by atoms with Crippen LogP contribution < -0.4 is 14.9 Å². The van der Waals surface area contributed by atoms with Crippen LogP contribution in [-0.4, -0.2) is 38.0 Å². The van der Waals surface area contributed by atoms with Crippen LogP contribution in [0.25, 0.3) is 0 Å². The van der Waals surface area contributed by atoms with Crippen molar-refractivity contribution in [1.82, 2.24) is 0 Å². The maximum Gasteiger partial charge on any atom is 0.412 e. The molecular weight excluding hydrogens is 476 g/mol. The minimum atomic E-state index is -4.32. The van der Waals surface area contributed by atoms with Crippen molar-refractivity contribution < 1.29 is 27.7 Å². The number of para-hydroxylation sites is 1. The lowest BCUT2D eigenvalue weighted by Crippen LogP contribution is -2.28. The second-order valence-electron chi connectivity index (χ2n) is 8.71. The number of nitro groups is 1. The third-order valence-electron chi connectivity index (χ3n) is 4.73. The van der Waals surface area contributed by atoms with Crippen LogP contribution in [0.15, 0.2) is 47.4 Å². The van der Waals surface area contributed by atoms with E-state index in [9.17, 15) is 28.1 Å². The number of carbonyl (C=O) groups excluding carboxylic acids is 2. The van der Waals surface area contributed by atoms with Gasteiger partial charge in [-0.05, 0) is 51.5 Å². The second-order valence-corrected chi connectivity index (χ2v) is 10.6. The molecule has 0 aromatic heterocycles. The second kappa shape index (κ2) is 11.2. The predicted molar refractivity (Wildman–Crippen MR) is 133 cm³/mol. The number of nitrogens with one attached hydrogen (secondary N) is 2. The van der Waals surface area contributed by atoms with E-state index >= 15 is 0 Å². The highest BCUT2D eigenvalue weighted by Crippen LogP contribution is 2.33. The van der Waals surface area contributed by atoms with E-state index in [0.717, 1.165) is 22.9 Å². The summed E-state index contributed by atoms with van der Waals surface area (Å²) in [5, 5.41) is 16.6. The van der Waals surface area contributed by atoms with Crippen molar-refractivity contribution in [3.8, 4) is 0 Å². The van der Waals surface area contributed by atoms with Crippen LogP contribution in [-0.2, 0) is 19.6 Å². The van der Waals surface area contributed by atoms with Gasteiger partial charge in [0.15, 0.2) is 4.90 Å². The van der Waals surface area contributed by atoms with Crippen molar-refractivity contribution in [3.63, 3.8) is 0 Å². The number of rotatable bonds is 9. The average Bonchev–Trinajstić information content (AvgIpc) is 2.77. The molecule has 12 heteroatoms. The summed E-state index contributed by atoms with van der Waals surface area (Å²) in [6, 6.07) is 9.20. The molecule has 2 rings (SSSR count). The van der Waals surface area contributed by atoms with Gasteiger partial charge in [-0.3, -0.25) is 24.5 Å². The molecule has 0 saturated heterocycles. The molecule has 0 spiro atoms. The SMILES string of the molecule is CCCCC(=O)Nc1cc(N(C)S(=O)(=O)c2ccccc2[N+](=O)[O-])ccc1NC(=O)OC(C)(C)C. The lowest BCUT2D eigenvalue weighted by atomic mass is 10.2. The summed E-state index contributed by atoms with van der Waals surface area (Å²) in [5.74, 6) is -0.319. The first-order valence-corrected chi connectivity index (χ1v) is 12.4. The van der Waals surface area contributed by atoms with E-state index in [1.165, 1.54) is 37.4 Å². The molecule has 0 aliphatic heterocycles. The van der Waals surface area contributed by atoms with Crippen LogP contribution in [0.5, 0.6) is 0 Å². The molecule has 0 saturated carbocycles. The number of hydrogen-bond donors (Lipinski definition) is 2. The molecule has 35 heavy (non-hydrogen) atoms. The summed E-state index contributed by atoms with van der Waals surface area (Å²) in [6.45, 7) is 7.04. The average molecular weight is 507 g/mol. The topological polar surface area (TPSA) is 148 Å². The molecule has 0 aliphatic carbocycles. The number of hydrogen-bond acceptors (Lipinski definition) is 7. The fourth-order valence-corrected chi connectivity index (χ4v) is 4.36. The highest BCUT2D eigenvalue weighted by molar-refractivity contribution is 7.93. The van der Waals surface area contributed by atoms with E-state index in [1.807, 2.05) is 6.92 Å². The van der Waals surface area contributed by atoms with E-state index in [-0.39, 0.29) is 29.4 Å². The first kappa shape index (κ1) is 27.6. The number of unbranched alkanes of at least 4 members (excludes halogenated alkanes) is 1. The molecule has 0 aliphatic rings. The number of nitro benzene ring substituents is 1. The summed E-state index contributed by atoms with van der Waals surface area (Å²) >= 11 is 0. The van der Waals surface area contributed by atoms with Crippen molar-refractivity contribution in [2.75, 3.05) is 22.0 Å². The Hall–Kier alpha value is -3.67. The quantitative estimate of drug-likeness (QED) is 0.363. The van der Waals surface area contributed by atoms with Gasteiger partial charge in [0.05, 0.1) is 22.0 Å². The summed E-state index contributed by atoms with van der Waals surface area (Å²) in [5.41, 5.74) is -0.851. The summed E-state index contributed by atoms with van der Waals surface area (Å²) < 4.78 is 32.5. The van der Waals surface area contributed by atoms with Gasteiger partial charge in [-0.2, -0.15) is 0 Å². The molecule has 2 aromatic carbocycles. The molecule has 0 heterocycles. The molecule has 2 aromatic rings. The number of ether oxygens (including phenoxy) is 1. The van der Waals surface area contributed by atoms with Gasteiger partial charge >= 0.3 is 6.09 Å². The molecular formula is C23H30N4O7S. The monoisotopic (exact) mass is 506 g/mol. The van der Waals surface area contributed by atoms with E-state index in [0.29, 0.717) is 6.42 Å². The molecule has 190 valence electrons. The Morgan fingerprint density at radius 1 is 1.09 bits per heavy atom. The van der Waals surface area contributed by atoms with Crippen molar-refractivity contribution in [2.24, 2.45) is 0 Å². The number of amides is 2. The van der Waals surface area contributed by atoms with Crippen molar-refractivity contribution >= 4 is 44.8 Å². The highest BCUT2D eigenvalue weighted by Gasteiger charge is 2.30. The standard InChI is InChI=1S/C23H30N4O7S/c1-6-7-12-21(28)24-18-15-16(13-14-17(18)25-22(29)34-23(2,3)4)26(5)35(32,33)20-11-9-8-10-19(20)27(30)31/h8-11,13-15H,6-7,12H2,1-5H3,(H,24,28)(H,25,29). The number of benzene rings is 2. The number of carbonyl (C=O) groups is 2. The van der Waals surface area contributed by atoms with Gasteiger partial charge in [-0.25, -0.2) is 13.2 Å². The number of sulfonamides is 1. The molecule has 2 N–H and O–H groups in total. The third kappa shape index (κ3) is 7.41. The lowest BCUT2D eigenvalue weighted by molar-refractivity contribution is -0.387.